The Labute approximate surface area is 329 Å². The first-order valence-corrected chi connectivity index (χ1v) is 17.2. The molecule has 0 unspecified atom stereocenters. The van der Waals surface area contributed by atoms with Crippen LogP contribution in [-0.4, -0.2) is 91.2 Å². The molecule has 0 saturated carbocycles. The SMILES string of the molecule is O=C(O)Cc1ccc(S)cc1.O=C(O)Cc1ccc(S)cc1.O=C(O)Cc1ccc(S)cc1.O=C(O)Cc1ccc(S)cc1.OCC(CO)(CO)CO. The van der Waals surface area contributed by atoms with Crippen LogP contribution in [0, 0.1) is 5.41 Å². The molecule has 16 heteroatoms. The minimum Gasteiger partial charge on any atom is -0.481 e. The number of carbonyl (C=O) groups is 4. The Morgan fingerprint density at radius 2 is 0.509 bits per heavy atom. The molecule has 0 fully saturated rings. The molecule has 53 heavy (non-hydrogen) atoms. The molecule has 4 rings (SSSR count). The summed E-state index contributed by atoms with van der Waals surface area (Å²) in [5.41, 5.74) is 2.09. The highest BCUT2D eigenvalue weighted by Gasteiger charge is 2.26. The molecule has 0 saturated heterocycles. The van der Waals surface area contributed by atoms with E-state index in [1.165, 1.54) is 0 Å². The molecule has 0 aliphatic heterocycles. The van der Waals surface area contributed by atoms with Gasteiger partial charge < -0.3 is 40.9 Å². The molecule has 0 atom stereocenters. The van der Waals surface area contributed by atoms with Crippen molar-refractivity contribution in [2.75, 3.05) is 26.4 Å². The summed E-state index contributed by atoms with van der Waals surface area (Å²) in [5, 5.41) is 67.7. The van der Waals surface area contributed by atoms with Gasteiger partial charge in [-0.05, 0) is 70.8 Å². The van der Waals surface area contributed by atoms with Crippen LogP contribution in [0.3, 0.4) is 0 Å². The molecule has 0 bridgehead atoms. The van der Waals surface area contributed by atoms with Gasteiger partial charge in [-0.3, -0.25) is 19.2 Å². The van der Waals surface area contributed by atoms with Gasteiger partial charge in [0.1, 0.15) is 0 Å². The average Bonchev–Trinajstić information content (AvgIpc) is 3.11. The topological polar surface area (TPSA) is 230 Å². The fourth-order valence-electron chi connectivity index (χ4n) is 3.45. The van der Waals surface area contributed by atoms with Crippen molar-refractivity contribution in [3.8, 4) is 0 Å². The van der Waals surface area contributed by atoms with E-state index >= 15 is 0 Å². The summed E-state index contributed by atoms with van der Waals surface area (Å²) in [6, 6.07) is 28.3. The number of aliphatic hydroxyl groups is 4. The van der Waals surface area contributed by atoms with Crippen LogP contribution in [0.2, 0.25) is 0 Å². The maximum atomic E-state index is 10.2. The lowest BCUT2D eigenvalue weighted by Crippen LogP contribution is -2.37. The summed E-state index contributed by atoms with van der Waals surface area (Å²) in [6.45, 7) is -1.62. The Bertz CT molecular complexity index is 1400. The third-order valence-corrected chi connectivity index (χ3v) is 7.70. The molecular formula is C37H44O12S4. The van der Waals surface area contributed by atoms with E-state index in [1.807, 2.05) is 0 Å². The minimum absolute atomic E-state index is 0.0774. The third kappa shape index (κ3) is 24.8. The lowest BCUT2D eigenvalue weighted by atomic mass is 9.93. The number of carboxylic acid groups (broad SMARTS) is 4. The van der Waals surface area contributed by atoms with Gasteiger partial charge >= 0.3 is 23.9 Å². The van der Waals surface area contributed by atoms with Crippen molar-refractivity contribution >= 4 is 74.4 Å². The number of thiol groups is 4. The highest BCUT2D eigenvalue weighted by atomic mass is 32.1. The lowest BCUT2D eigenvalue weighted by Gasteiger charge is -2.23. The zero-order valence-electron chi connectivity index (χ0n) is 28.4. The molecule has 0 amide bonds. The van der Waals surface area contributed by atoms with Gasteiger partial charge in [-0.15, -0.1) is 50.5 Å². The van der Waals surface area contributed by atoms with Crippen LogP contribution in [0.1, 0.15) is 22.3 Å². The molecule has 0 aliphatic rings. The predicted molar refractivity (Wildman–Crippen MR) is 211 cm³/mol. The van der Waals surface area contributed by atoms with Crippen LogP contribution in [0.5, 0.6) is 0 Å². The first-order chi connectivity index (χ1) is 25.0. The Balaban J connectivity index is 0.000000639. The summed E-state index contributed by atoms with van der Waals surface area (Å²) in [5.74, 6) is -3.23. The third-order valence-electron chi connectivity index (χ3n) is 6.51. The lowest BCUT2D eigenvalue weighted by molar-refractivity contribution is -0.137. The minimum atomic E-state index is -1.11. The molecule has 4 aromatic carbocycles. The van der Waals surface area contributed by atoms with Crippen molar-refractivity contribution in [3.05, 3.63) is 119 Å². The van der Waals surface area contributed by atoms with Crippen LogP contribution >= 0.6 is 50.5 Å². The number of hydrogen-bond donors (Lipinski definition) is 12. The fraction of sp³-hybridized carbons (Fsp3) is 0.243. The molecule has 288 valence electrons. The van der Waals surface area contributed by atoms with E-state index < -0.39 is 55.7 Å². The largest absolute Gasteiger partial charge is 0.481 e. The number of aliphatic hydroxyl groups excluding tert-OH is 4. The Hall–Kier alpha value is -4.00. The summed E-state index contributed by atoms with van der Waals surface area (Å²) >= 11 is 16.3. The molecule has 4 aromatic rings. The van der Waals surface area contributed by atoms with Gasteiger partial charge in [0.2, 0.25) is 0 Å². The van der Waals surface area contributed by atoms with Gasteiger partial charge in [-0.2, -0.15) is 0 Å². The molecule has 8 N–H and O–H groups in total. The molecule has 0 aromatic heterocycles. The normalized spacial score (nSPS) is 9.96. The second-order valence-corrected chi connectivity index (χ2v) is 13.1. The zero-order valence-corrected chi connectivity index (χ0v) is 32.0. The Morgan fingerprint density at radius 1 is 0.358 bits per heavy atom. The number of benzene rings is 4. The van der Waals surface area contributed by atoms with Gasteiger partial charge in [0.05, 0.1) is 57.5 Å². The standard InChI is InChI=1S/4C8H8O2S.C5H12O4/c4*9-8(10)5-6-1-3-7(11)4-2-6;6-1-5(2-7,3-8)4-9/h4*1-4,11H,5H2,(H,9,10);6-9H,1-4H2. The highest BCUT2D eigenvalue weighted by Crippen LogP contribution is 2.12. The number of aliphatic carboxylic acids is 4. The maximum Gasteiger partial charge on any atom is 0.307 e. The van der Waals surface area contributed by atoms with Crippen molar-refractivity contribution in [1.29, 1.82) is 0 Å². The number of hydrogen-bond acceptors (Lipinski definition) is 12. The van der Waals surface area contributed by atoms with Crippen molar-refractivity contribution in [2.24, 2.45) is 5.41 Å². The van der Waals surface area contributed by atoms with E-state index in [4.69, 9.17) is 40.9 Å². The first kappa shape index (κ1) is 49.0. The van der Waals surface area contributed by atoms with Crippen LogP contribution in [0.25, 0.3) is 0 Å². The summed E-state index contributed by atoms with van der Waals surface area (Å²) in [4.78, 5) is 44.3. The maximum absolute atomic E-state index is 10.2. The van der Waals surface area contributed by atoms with Gasteiger partial charge in [0, 0.05) is 19.6 Å². The molecule has 0 aliphatic carbocycles. The van der Waals surface area contributed by atoms with Crippen LogP contribution in [-0.2, 0) is 44.9 Å². The van der Waals surface area contributed by atoms with E-state index in [0.29, 0.717) is 0 Å². The summed E-state index contributed by atoms with van der Waals surface area (Å²) in [7, 11) is 0. The number of rotatable bonds is 12. The second kappa shape index (κ2) is 27.6. The molecule has 0 spiro atoms. The second-order valence-electron chi connectivity index (χ2n) is 11.1. The van der Waals surface area contributed by atoms with E-state index in [0.717, 1.165) is 41.8 Å². The quantitative estimate of drug-likeness (QED) is 0.0897. The smallest absolute Gasteiger partial charge is 0.307 e. The van der Waals surface area contributed by atoms with E-state index in [1.54, 1.807) is 97.1 Å². The van der Waals surface area contributed by atoms with Gasteiger partial charge in [-0.1, -0.05) is 48.5 Å². The van der Waals surface area contributed by atoms with Crippen LogP contribution in [0.4, 0.5) is 0 Å². The molecular weight excluding hydrogens is 765 g/mol. The summed E-state index contributed by atoms with van der Waals surface area (Å²) < 4.78 is 0. The average molecular weight is 809 g/mol. The molecule has 0 heterocycles. The van der Waals surface area contributed by atoms with E-state index in [-0.39, 0.29) is 25.7 Å². The summed E-state index contributed by atoms with van der Waals surface area (Å²) in [6.07, 6.45) is 0.310. The Morgan fingerprint density at radius 3 is 0.604 bits per heavy atom. The predicted octanol–water partition coefficient (Wildman–Crippen LogP) is 4.35. The van der Waals surface area contributed by atoms with Gasteiger partial charge in [0.25, 0.3) is 0 Å². The number of carboxylic acids is 4. The van der Waals surface area contributed by atoms with Crippen molar-refractivity contribution in [1.82, 2.24) is 0 Å². The first-order valence-electron chi connectivity index (χ1n) is 15.4. The van der Waals surface area contributed by atoms with Crippen LogP contribution < -0.4 is 0 Å². The van der Waals surface area contributed by atoms with Crippen molar-refractivity contribution < 1.29 is 60.0 Å². The van der Waals surface area contributed by atoms with Gasteiger partial charge in [0.15, 0.2) is 0 Å². The molecule has 12 nitrogen and oxygen atoms in total. The van der Waals surface area contributed by atoms with Crippen LogP contribution in [0.15, 0.2) is 117 Å². The van der Waals surface area contributed by atoms with E-state index in [2.05, 4.69) is 50.5 Å². The van der Waals surface area contributed by atoms with E-state index in [9.17, 15) is 19.2 Å². The highest BCUT2D eigenvalue weighted by molar-refractivity contribution is 7.80. The molecule has 0 radical (unpaired) electrons. The fourth-order valence-corrected chi connectivity index (χ4v) is 4.05. The zero-order chi connectivity index (χ0) is 40.4. The Kier molecular flexibility index (Phi) is 25.5. The van der Waals surface area contributed by atoms with Gasteiger partial charge in [-0.25, -0.2) is 0 Å². The van der Waals surface area contributed by atoms with Crippen molar-refractivity contribution in [3.63, 3.8) is 0 Å². The monoisotopic (exact) mass is 808 g/mol. The van der Waals surface area contributed by atoms with Crippen molar-refractivity contribution in [2.45, 2.75) is 45.3 Å².